The van der Waals surface area contributed by atoms with E-state index in [1.807, 2.05) is 0 Å². The Balaban J connectivity index is 2.78. The van der Waals surface area contributed by atoms with Gasteiger partial charge < -0.3 is 0 Å². The molecule has 6 heteroatoms. The summed E-state index contributed by atoms with van der Waals surface area (Å²) in [6, 6.07) is 3.08. The summed E-state index contributed by atoms with van der Waals surface area (Å²) in [7, 11) is 0. The Hall–Kier alpha value is -0.680. The quantitative estimate of drug-likeness (QED) is 0.843. The molecule has 0 saturated heterocycles. The fourth-order valence-corrected chi connectivity index (χ4v) is 2.13. The number of H-pyrrole nitrogens is 1. The number of nitrogens with one attached hydrogen (secondary N) is 1. The van der Waals surface area contributed by atoms with Gasteiger partial charge in [-0.15, -0.1) is 0 Å². The number of nitrogens with zero attached hydrogens (tertiary/aromatic N) is 1. The first-order chi connectivity index (χ1) is 6.59. The van der Waals surface area contributed by atoms with Crippen molar-refractivity contribution in [2.45, 2.75) is 6.43 Å². The van der Waals surface area contributed by atoms with E-state index in [0.717, 1.165) is 0 Å². The van der Waals surface area contributed by atoms with Gasteiger partial charge in [0.2, 0.25) is 0 Å². The zero-order chi connectivity index (χ0) is 10.3. The van der Waals surface area contributed by atoms with Crippen LogP contribution in [0.5, 0.6) is 0 Å². The molecule has 1 aromatic carbocycles. The van der Waals surface area contributed by atoms with Crippen molar-refractivity contribution >= 4 is 38.4 Å². The van der Waals surface area contributed by atoms with Gasteiger partial charge in [-0.2, -0.15) is 5.10 Å². The summed E-state index contributed by atoms with van der Waals surface area (Å²) in [4.78, 5) is 0. The lowest BCUT2D eigenvalue weighted by Gasteiger charge is -1.97. The zero-order valence-corrected chi connectivity index (χ0v) is 9.03. The Labute approximate surface area is 91.4 Å². The van der Waals surface area contributed by atoms with Crippen molar-refractivity contribution in [3.05, 3.63) is 27.3 Å². The largest absolute Gasteiger partial charge is 0.280 e. The van der Waals surface area contributed by atoms with Crippen molar-refractivity contribution in [2.24, 2.45) is 0 Å². The zero-order valence-electron chi connectivity index (χ0n) is 6.69. The van der Waals surface area contributed by atoms with Gasteiger partial charge in [-0.05, 0) is 28.1 Å². The molecule has 0 aliphatic heterocycles. The first-order valence-electron chi connectivity index (χ1n) is 3.70. The maximum absolute atomic E-state index is 12.5. The number of benzene rings is 1. The van der Waals surface area contributed by atoms with Gasteiger partial charge in [-0.25, -0.2) is 8.78 Å². The summed E-state index contributed by atoms with van der Waals surface area (Å²) in [5, 5.41) is 6.81. The van der Waals surface area contributed by atoms with Crippen molar-refractivity contribution < 1.29 is 8.78 Å². The third-order valence-electron chi connectivity index (χ3n) is 1.82. The van der Waals surface area contributed by atoms with Crippen molar-refractivity contribution in [1.29, 1.82) is 0 Å². The third kappa shape index (κ3) is 1.50. The van der Waals surface area contributed by atoms with E-state index in [4.69, 9.17) is 11.6 Å². The first-order valence-corrected chi connectivity index (χ1v) is 4.88. The Morgan fingerprint density at radius 2 is 2.14 bits per heavy atom. The Morgan fingerprint density at radius 3 is 2.79 bits per heavy atom. The SMILES string of the molecule is FC(F)c1[nH]nc2c(Br)cc(Cl)cc12. The van der Waals surface area contributed by atoms with Gasteiger partial charge >= 0.3 is 0 Å². The molecule has 1 aromatic heterocycles. The van der Waals surface area contributed by atoms with Gasteiger partial charge in [0.15, 0.2) is 0 Å². The maximum atomic E-state index is 12.5. The minimum absolute atomic E-state index is 0.205. The highest BCUT2D eigenvalue weighted by Gasteiger charge is 2.16. The molecule has 74 valence electrons. The molecular formula is C8H4BrClF2N2. The highest BCUT2D eigenvalue weighted by atomic mass is 79.9. The molecule has 0 unspecified atom stereocenters. The molecule has 2 rings (SSSR count). The van der Waals surface area contributed by atoms with E-state index in [2.05, 4.69) is 26.1 Å². The molecule has 0 bridgehead atoms. The van der Waals surface area contributed by atoms with E-state index >= 15 is 0 Å². The van der Waals surface area contributed by atoms with E-state index in [1.54, 1.807) is 6.07 Å². The van der Waals surface area contributed by atoms with Crippen LogP contribution in [0.15, 0.2) is 16.6 Å². The summed E-state index contributed by atoms with van der Waals surface area (Å²) < 4.78 is 25.5. The van der Waals surface area contributed by atoms with Gasteiger partial charge in [0.05, 0.1) is 0 Å². The van der Waals surface area contributed by atoms with Crippen LogP contribution in [-0.4, -0.2) is 10.2 Å². The van der Waals surface area contributed by atoms with E-state index in [1.165, 1.54) is 6.07 Å². The molecule has 1 N–H and O–H groups in total. The molecule has 0 fully saturated rings. The van der Waals surface area contributed by atoms with Crippen molar-refractivity contribution in [3.8, 4) is 0 Å². The van der Waals surface area contributed by atoms with Crippen LogP contribution in [0.1, 0.15) is 12.1 Å². The van der Waals surface area contributed by atoms with Crippen LogP contribution in [0.2, 0.25) is 5.02 Å². The number of alkyl halides is 2. The third-order valence-corrected chi connectivity index (χ3v) is 2.65. The Kier molecular flexibility index (Phi) is 2.45. The highest BCUT2D eigenvalue weighted by Crippen LogP contribution is 2.32. The lowest BCUT2D eigenvalue weighted by molar-refractivity contribution is 0.147. The number of aromatic nitrogens is 2. The minimum Gasteiger partial charge on any atom is -0.275 e. The van der Waals surface area contributed by atoms with Gasteiger partial charge in [-0.1, -0.05) is 11.6 Å². The lowest BCUT2D eigenvalue weighted by atomic mass is 10.2. The van der Waals surface area contributed by atoms with E-state index in [-0.39, 0.29) is 5.69 Å². The number of fused-ring (bicyclic) bond motifs is 1. The van der Waals surface area contributed by atoms with Gasteiger partial charge in [0, 0.05) is 14.9 Å². The van der Waals surface area contributed by atoms with Crippen molar-refractivity contribution in [3.63, 3.8) is 0 Å². The molecule has 0 aliphatic rings. The molecule has 2 nitrogen and oxygen atoms in total. The second-order valence-electron chi connectivity index (χ2n) is 2.72. The van der Waals surface area contributed by atoms with Crippen LogP contribution in [0.3, 0.4) is 0 Å². The Morgan fingerprint density at radius 1 is 1.43 bits per heavy atom. The molecule has 0 spiro atoms. The van der Waals surface area contributed by atoms with Crippen LogP contribution in [0.25, 0.3) is 10.9 Å². The predicted molar refractivity (Wildman–Crippen MR) is 53.8 cm³/mol. The molecule has 2 aromatic rings. The predicted octanol–water partition coefficient (Wildman–Crippen LogP) is 3.92. The fourth-order valence-electron chi connectivity index (χ4n) is 1.23. The molecule has 0 radical (unpaired) electrons. The summed E-state index contributed by atoms with van der Waals surface area (Å²) in [6.45, 7) is 0. The van der Waals surface area contributed by atoms with Crippen molar-refractivity contribution in [2.75, 3.05) is 0 Å². The number of aromatic amines is 1. The average Bonchev–Trinajstić information content (AvgIpc) is 2.47. The Bertz CT molecular complexity index is 483. The minimum atomic E-state index is -2.58. The average molecular weight is 281 g/mol. The van der Waals surface area contributed by atoms with E-state index in [0.29, 0.717) is 20.4 Å². The van der Waals surface area contributed by atoms with Gasteiger partial charge in [0.1, 0.15) is 11.2 Å². The molecule has 14 heavy (non-hydrogen) atoms. The van der Waals surface area contributed by atoms with Crippen LogP contribution in [0, 0.1) is 0 Å². The molecular weight excluding hydrogens is 277 g/mol. The topological polar surface area (TPSA) is 28.7 Å². The van der Waals surface area contributed by atoms with E-state index in [9.17, 15) is 8.78 Å². The number of rotatable bonds is 1. The second kappa shape index (κ2) is 3.47. The molecule has 1 heterocycles. The lowest BCUT2D eigenvalue weighted by Crippen LogP contribution is -1.84. The number of hydrogen-bond donors (Lipinski definition) is 1. The molecule has 0 amide bonds. The van der Waals surface area contributed by atoms with Gasteiger partial charge in [0.25, 0.3) is 6.43 Å². The van der Waals surface area contributed by atoms with Gasteiger partial charge in [-0.3, -0.25) is 5.10 Å². The van der Waals surface area contributed by atoms with Crippen LogP contribution in [-0.2, 0) is 0 Å². The molecule has 0 atom stereocenters. The van der Waals surface area contributed by atoms with Crippen molar-refractivity contribution in [1.82, 2.24) is 10.2 Å². The summed E-state index contributed by atoms with van der Waals surface area (Å²) >= 11 is 8.94. The highest BCUT2D eigenvalue weighted by molar-refractivity contribution is 9.10. The standard InChI is InChI=1S/C8H4BrClF2N2/c9-5-2-3(10)1-4-6(5)13-14-7(4)8(11)12/h1-2,8H,(H,13,14). The van der Waals surface area contributed by atoms with Crippen LogP contribution in [0.4, 0.5) is 8.78 Å². The maximum Gasteiger partial charge on any atom is 0.280 e. The summed E-state index contributed by atoms with van der Waals surface area (Å²) in [5.41, 5.74) is 0.257. The molecule has 0 saturated carbocycles. The smallest absolute Gasteiger partial charge is 0.275 e. The first kappa shape index (κ1) is 9.86. The van der Waals surface area contributed by atoms with Crippen LogP contribution >= 0.6 is 27.5 Å². The monoisotopic (exact) mass is 280 g/mol. The van der Waals surface area contributed by atoms with Crippen LogP contribution < -0.4 is 0 Å². The second-order valence-corrected chi connectivity index (χ2v) is 4.01. The number of halogens is 4. The summed E-state index contributed by atoms with van der Waals surface area (Å²) in [5.74, 6) is 0. The normalized spacial score (nSPS) is 11.5. The number of hydrogen-bond acceptors (Lipinski definition) is 1. The molecule has 0 aliphatic carbocycles. The van der Waals surface area contributed by atoms with E-state index < -0.39 is 6.43 Å². The fraction of sp³-hybridized carbons (Fsp3) is 0.125. The summed E-state index contributed by atoms with van der Waals surface area (Å²) in [6.07, 6.45) is -2.58.